The SMILES string of the molecule is N#Cc1ccc2nc(-c3ccc4nc(-c5ccccc5)[nH]c4c3)[nH]c2c1. The zero-order valence-corrected chi connectivity index (χ0v) is 13.7. The quantitative estimate of drug-likeness (QED) is 0.493. The first-order valence-electron chi connectivity index (χ1n) is 8.25. The molecule has 0 unspecified atom stereocenters. The summed E-state index contributed by atoms with van der Waals surface area (Å²) in [4.78, 5) is 16.0. The molecule has 2 heterocycles. The first-order valence-corrected chi connectivity index (χ1v) is 8.25. The van der Waals surface area contributed by atoms with Crippen LogP contribution in [0, 0.1) is 11.3 Å². The highest BCUT2D eigenvalue weighted by Crippen LogP contribution is 2.26. The molecule has 0 saturated heterocycles. The molecule has 5 rings (SSSR count). The average molecular weight is 335 g/mol. The molecule has 0 aliphatic carbocycles. The first-order chi connectivity index (χ1) is 12.8. The molecule has 122 valence electrons. The standard InChI is InChI=1S/C21H13N5/c22-12-13-6-8-16-18(10-13)25-21(24-16)15-7-9-17-19(11-15)26-20(23-17)14-4-2-1-3-5-14/h1-11H,(H,23,26)(H,24,25). The normalized spacial score (nSPS) is 11.0. The summed E-state index contributed by atoms with van der Waals surface area (Å²) in [5, 5.41) is 9.04. The van der Waals surface area contributed by atoms with E-state index >= 15 is 0 Å². The topological polar surface area (TPSA) is 81.2 Å². The fraction of sp³-hybridized carbons (Fsp3) is 0. The lowest BCUT2D eigenvalue weighted by Gasteiger charge is -1.96. The largest absolute Gasteiger partial charge is 0.338 e. The second-order valence-electron chi connectivity index (χ2n) is 6.11. The van der Waals surface area contributed by atoms with E-state index in [1.807, 2.05) is 60.7 Å². The molecule has 0 fully saturated rings. The summed E-state index contributed by atoms with van der Waals surface area (Å²) in [7, 11) is 0. The van der Waals surface area contributed by atoms with Crippen molar-refractivity contribution in [2.24, 2.45) is 0 Å². The van der Waals surface area contributed by atoms with Gasteiger partial charge in [-0.25, -0.2) is 9.97 Å². The Kier molecular flexibility index (Phi) is 3.09. The maximum atomic E-state index is 9.04. The van der Waals surface area contributed by atoms with Crippen molar-refractivity contribution in [3.05, 3.63) is 72.3 Å². The number of fused-ring (bicyclic) bond motifs is 2. The zero-order valence-electron chi connectivity index (χ0n) is 13.7. The molecule has 0 aliphatic heterocycles. The van der Waals surface area contributed by atoms with Gasteiger partial charge in [-0.1, -0.05) is 30.3 Å². The summed E-state index contributed by atoms with van der Waals surface area (Å²) < 4.78 is 0. The maximum Gasteiger partial charge on any atom is 0.138 e. The molecule has 3 aromatic carbocycles. The number of nitrogens with one attached hydrogen (secondary N) is 2. The Hall–Kier alpha value is -3.91. The van der Waals surface area contributed by atoms with Crippen LogP contribution < -0.4 is 0 Å². The lowest BCUT2D eigenvalue weighted by molar-refractivity contribution is 1.33. The fourth-order valence-corrected chi connectivity index (χ4v) is 3.11. The summed E-state index contributed by atoms with van der Waals surface area (Å²) in [5.74, 6) is 1.62. The summed E-state index contributed by atoms with van der Waals surface area (Å²) in [5.41, 5.74) is 6.20. The van der Waals surface area contributed by atoms with Crippen LogP contribution in [0.3, 0.4) is 0 Å². The van der Waals surface area contributed by atoms with Crippen LogP contribution in [0.25, 0.3) is 44.8 Å². The lowest BCUT2D eigenvalue weighted by Crippen LogP contribution is -1.80. The van der Waals surface area contributed by atoms with Crippen LogP contribution >= 0.6 is 0 Å². The lowest BCUT2D eigenvalue weighted by atomic mass is 10.2. The molecule has 26 heavy (non-hydrogen) atoms. The number of aromatic nitrogens is 4. The van der Waals surface area contributed by atoms with Gasteiger partial charge in [0.15, 0.2) is 0 Å². The molecule has 0 saturated carbocycles. The second kappa shape index (κ2) is 5.57. The number of hydrogen-bond acceptors (Lipinski definition) is 3. The van der Waals surface area contributed by atoms with Crippen molar-refractivity contribution in [2.45, 2.75) is 0 Å². The number of imidazole rings is 2. The van der Waals surface area contributed by atoms with Gasteiger partial charge < -0.3 is 9.97 Å². The van der Waals surface area contributed by atoms with Crippen molar-refractivity contribution in [3.8, 4) is 28.8 Å². The Balaban J connectivity index is 1.60. The summed E-state index contributed by atoms with van der Waals surface area (Å²) in [6.45, 7) is 0. The highest BCUT2D eigenvalue weighted by molar-refractivity contribution is 5.86. The molecule has 0 bridgehead atoms. The van der Waals surface area contributed by atoms with Crippen molar-refractivity contribution in [3.63, 3.8) is 0 Å². The maximum absolute atomic E-state index is 9.04. The van der Waals surface area contributed by atoms with Gasteiger partial charge in [-0.05, 0) is 36.4 Å². The van der Waals surface area contributed by atoms with Gasteiger partial charge in [-0.3, -0.25) is 0 Å². The number of nitriles is 1. The zero-order chi connectivity index (χ0) is 17.5. The minimum atomic E-state index is 0.615. The molecule has 5 heteroatoms. The Morgan fingerprint density at radius 2 is 1.35 bits per heavy atom. The molecule has 5 aromatic rings. The van der Waals surface area contributed by atoms with E-state index in [2.05, 4.69) is 26.0 Å². The molecular weight excluding hydrogens is 322 g/mol. The van der Waals surface area contributed by atoms with Crippen molar-refractivity contribution in [2.75, 3.05) is 0 Å². The minimum Gasteiger partial charge on any atom is -0.338 e. The van der Waals surface area contributed by atoms with Gasteiger partial charge >= 0.3 is 0 Å². The van der Waals surface area contributed by atoms with Gasteiger partial charge in [0.25, 0.3) is 0 Å². The van der Waals surface area contributed by atoms with E-state index < -0.39 is 0 Å². The number of rotatable bonds is 2. The van der Waals surface area contributed by atoms with E-state index in [-0.39, 0.29) is 0 Å². The van der Waals surface area contributed by atoms with Crippen molar-refractivity contribution in [1.29, 1.82) is 5.26 Å². The van der Waals surface area contributed by atoms with Crippen LogP contribution in [-0.2, 0) is 0 Å². The molecule has 0 radical (unpaired) electrons. The third kappa shape index (κ3) is 2.33. The van der Waals surface area contributed by atoms with Gasteiger partial charge in [0.1, 0.15) is 11.6 Å². The van der Waals surface area contributed by atoms with Crippen LogP contribution in [0.5, 0.6) is 0 Å². The van der Waals surface area contributed by atoms with Crippen molar-refractivity contribution >= 4 is 22.1 Å². The average Bonchev–Trinajstić information content (AvgIpc) is 3.31. The van der Waals surface area contributed by atoms with Crippen molar-refractivity contribution < 1.29 is 0 Å². The van der Waals surface area contributed by atoms with Crippen LogP contribution in [0.4, 0.5) is 0 Å². The number of H-pyrrole nitrogens is 2. The molecule has 2 N–H and O–H groups in total. The number of benzene rings is 3. The summed E-state index contributed by atoms with van der Waals surface area (Å²) in [6.07, 6.45) is 0. The highest BCUT2D eigenvalue weighted by Gasteiger charge is 2.10. The minimum absolute atomic E-state index is 0.615. The van der Waals surface area contributed by atoms with E-state index in [0.717, 1.165) is 44.8 Å². The van der Waals surface area contributed by atoms with E-state index in [1.165, 1.54) is 0 Å². The van der Waals surface area contributed by atoms with Gasteiger partial charge in [0.05, 0.1) is 33.7 Å². The van der Waals surface area contributed by atoms with E-state index in [0.29, 0.717) is 5.56 Å². The third-order valence-corrected chi connectivity index (χ3v) is 4.41. The third-order valence-electron chi connectivity index (χ3n) is 4.41. The van der Waals surface area contributed by atoms with Gasteiger partial charge in [-0.2, -0.15) is 5.26 Å². The Morgan fingerprint density at radius 3 is 2.08 bits per heavy atom. The highest BCUT2D eigenvalue weighted by atomic mass is 14.9. The predicted molar refractivity (Wildman–Crippen MR) is 101 cm³/mol. The smallest absolute Gasteiger partial charge is 0.138 e. The molecule has 0 atom stereocenters. The van der Waals surface area contributed by atoms with E-state index in [9.17, 15) is 0 Å². The monoisotopic (exact) mass is 335 g/mol. The van der Waals surface area contributed by atoms with Crippen LogP contribution in [0.2, 0.25) is 0 Å². The number of aromatic amines is 2. The van der Waals surface area contributed by atoms with Crippen molar-refractivity contribution in [1.82, 2.24) is 19.9 Å². The molecule has 5 nitrogen and oxygen atoms in total. The van der Waals surface area contributed by atoms with Crippen LogP contribution in [0.15, 0.2) is 66.7 Å². The summed E-state index contributed by atoms with van der Waals surface area (Å²) in [6, 6.07) is 23.7. The molecule has 2 aromatic heterocycles. The Bertz CT molecular complexity index is 1290. The first kappa shape index (κ1) is 14.4. The van der Waals surface area contributed by atoms with Crippen LogP contribution in [-0.4, -0.2) is 19.9 Å². The van der Waals surface area contributed by atoms with Gasteiger partial charge in [0, 0.05) is 11.1 Å². The number of hydrogen-bond donors (Lipinski definition) is 2. The Labute approximate surface area is 149 Å². The molecule has 0 aliphatic rings. The fourth-order valence-electron chi connectivity index (χ4n) is 3.11. The molecule has 0 spiro atoms. The predicted octanol–water partition coefficient (Wildman–Crippen LogP) is 4.64. The molecular formula is C21H13N5. The van der Waals surface area contributed by atoms with E-state index in [4.69, 9.17) is 5.26 Å². The Morgan fingerprint density at radius 1 is 0.692 bits per heavy atom. The van der Waals surface area contributed by atoms with Gasteiger partial charge in [-0.15, -0.1) is 0 Å². The van der Waals surface area contributed by atoms with E-state index in [1.54, 1.807) is 6.07 Å². The molecule has 0 amide bonds. The number of nitrogens with zero attached hydrogens (tertiary/aromatic N) is 3. The second-order valence-corrected chi connectivity index (χ2v) is 6.11. The van der Waals surface area contributed by atoms with Crippen LogP contribution in [0.1, 0.15) is 5.56 Å². The summed E-state index contributed by atoms with van der Waals surface area (Å²) >= 11 is 0. The van der Waals surface area contributed by atoms with Gasteiger partial charge in [0.2, 0.25) is 0 Å².